The van der Waals surface area contributed by atoms with Crippen molar-refractivity contribution in [2.75, 3.05) is 0 Å². The van der Waals surface area contributed by atoms with Crippen molar-refractivity contribution in [2.45, 2.75) is 4.90 Å². The summed E-state index contributed by atoms with van der Waals surface area (Å²) in [6, 6.07) is 1.75. The van der Waals surface area contributed by atoms with E-state index in [0.29, 0.717) is 0 Å². The molecule has 0 aliphatic rings. The molecule has 0 unspecified atom stereocenters. The number of hydrogen-bond donors (Lipinski definition) is 0. The summed E-state index contributed by atoms with van der Waals surface area (Å²) >= 11 is 0. The minimum Gasteiger partial charge on any atom is -0.460 e. The van der Waals surface area contributed by atoms with Crippen LogP contribution >= 0.6 is 21.7 Å². The summed E-state index contributed by atoms with van der Waals surface area (Å²) in [5.41, 5.74) is 0. The molecule has 0 aliphatic heterocycles. The van der Waals surface area contributed by atoms with Gasteiger partial charge in [-0.25, -0.2) is 0 Å². The first kappa shape index (κ1) is 5.06. The molecule has 0 bridgehead atoms. The minimum atomic E-state index is 0.821. The molecule has 0 saturated carbocycles. The van der Waals surface area contributed by atoms with E-state index in [1.54, 1.807) is 6.07 Å². The van der Waals surface area contributed by atoms with Gasteiger partial charge in [0.05, 0.1) is 11.2 Å². The van der Waals surface area contributed by atoms with Gasteiger partial charge in [0, 0.05) is 0 Å². The van der Waals surface area contributed by atoms with Gasteiger partial charge < -0.3 is 4.42 Å². The Balaban J connectivity index is 2.76. The SMILES string of the molecule is ClSc1[c]occ1. The van der Waals surface area contributed by atoms with E-state index in [1.807, 2.05) is 0 Å². The zero-order valence-corrected chi connectivity index (χ0v) is 4.92. The molecule has 3 heteroatoms. The molecule has 0 fully saturated rings. The summed E-state index contributed by atoms with van der Waals surface area (Å²) in [5.74, 6) is 0. The lowest BCUT2D eigenvalue weighted by molar-refractivity contribution is 0.552. The van der Waals surface area contributed by atoms with Crippen molar-refractivity contribution in [3.63, 3.8) is 0 Å². The average molecular weight is 134 g/mol. The van der Waals surface area contributed by atoms with Gasteiger partial charge in [0.1, 0.15) is 0 Å². The third-order valence-electron chi connectivity index (χ3n) is 0.530. The van der Waals surface area contributed by atoms with Crippen LogP contribution in [-0.2, 0) is 0 Å². The summed E-state index contributed by atoms with van der Waals surface area (Å²) in [5, 5.41) is 0. The molecule has 0 saturated heterocycles. The predicted molar refractivity (Wildman–Crippen MR) is 29.3 cm³/mol. The van der Waals surface area contributed by atoms with Gasteiger partial charge in [0.15, 0.2) is 6.26 Å². The van der Waals surface area contributed by atoms with Gasteiger partial charge in [-0.05, 0) is 27.7 Å². The lowest BCUT2D eigenvalue weighted by Gasteiger charge is -1.72. The first-order valence-electron chi connectivity index (χ1n) is 1.67. The Morgan fingerprint density at radius 2 is 2.71 bits per heavy atom. The second kappa shape index (κ2) is 2.28. The van der Waals surface area contributed by atoms with E-state index in [4.69, 9.17) is 10.7 Å². The summed E-state index contributed by atoms with van der Waals surface area (Å²) in [4.78, 5) is 0.821. The second-order valence-electron chi connectivity index (χ2n) is 0.964. The summed E-state index contributed by atoms with van der Waals surface area (Å²) < 4.78 is 4.58. The molecule has 1 radical (unpaired) electrons. The van der Waals surface area contributed by atoms with Crippen molar-refractivity contribution >= 4 is 21.7 Å². The quantitative estimate of drug-likeness (QED) is 0.583. The van der Waals surface area contributed by atoms with Gasteiger partial charge in [0.25, 0.3) is 0 Å². The molecule has 1 aromatic heterocycles. The van der Waals surface area contributed by atoms with Crippen LogP contribution in [0.15, 0.2) is 21.6 Å². The number of rotatable bonds is 1. The zero-order valence-electron chi connectivity index (χ0n) is 3.35. The lowest BCUT2D eigenvalue weighted by atomic mass is 10.7. The minimum absolute atomic E-state index is 0.821. The smallest absolute Gasteiger partial charge is 0.185 e. The summed E-state index contributed by atoms with van der Waals surface area (Å²) in [6.45, 7) is 0. The van der Waals surface area contributed by atoms with E-state index < -0.39 is 0 Å². The fourth-order valence-corrected chi connectivity index (χ4v) is 0.699. The van der Waals surface area contributed by atoms with Crippen LogP contribution in [0.2, 0.25) is 0 Å². The largest absolute Gasteiger partial charge is 0.460 e. The normalized spacial score (nSPS) is 9.29. The van der Waals surface area contributed by atoms with E-state index in [2.05, 4.69) is 10.7 Å². The van der Waals surface area contributed by atoms with Crippen molar-refractivity contribution in [2.24, 2.45) is 0 Å². The van der Waals surface area contributed by atoms with Gasteiger partial charge in [-0.3, -0.25) is 0 Å². The standard InChI is InChI=1S/C4H2ClOS/c5-7-4-1-2-6-3-4/h1-2H. The molecule has 37 valence electrons. The molecule has 7 heavy (non-hydrogen) atoms. The van der Waals surface area contributed by atoms with Crippen LogP contribution in [0.3, 0.4) is 0 Å². The van der Waals surface area contributed by atoms with E-state index >= 15 is 0 Å². The molecular formula is C4H2ClOS. The highest BCUT2D eigenvalue weighted by atomic mass is 35.7. The van der Waals surface area contributed by atoms with Gasteiger partial charge in [-0.1, -0.05) is 0 Å². The van der Waals surface area contributed by atoms with Crippen LogP contribution in [0.4, 0.5) is 0 Å². The highest BCUT2D eigenvalue weighted by molar-refractivity contribution is 8.21. The van der Waals surface area contributed by atoms with E-state index in [1.165, 1.54) is 6.26 Å². The van der Waals surface area contributed by atoms with Gasteiger partial charge in [0.2, 0.25) is 0 Å². The lowest BCUT2D eigenvalue weighted by Crippen LogP contribution is -1.45. The molecular weight excluding hydrogens is 132 g/mol. The fraction of sp³-hybridized carbons (Fsp3) is 0. The number of furan rings is 1. The summed E-state index contributed by atoms with van der Waals surface area (Å²) in [6.07, 6.45) is 4.08. The Bertz CT molecular complexity index is 126. The van der Waals surface area contributed by atoms with Crippen LogP contribution in [0.25, 0.3) is 0 Å². The highest BCUT2D eigenvalue weighted by Crippen LogP contribution is 2.20. The predicted octanol–water partition coefficient (Wildman–Crippen LogP) is 2.33. The summed E-state index contributed by atoms with van der Waals surface area (Å²) in [7, 11) is 6.39. The topological polar surface area (TPSA) is 13.1 Å². The Morgan fingerprint density at radius 3 is 3.00 bits per heavy atom. The molecule has 1 heterocycles. The molecule has 1 nitrogen and oxygen atoms in total. The van der Waals surface area contributed by atoms with Crippen molar-refractivity contribution < 1.29 is 4.42 Å². The van der Waals surface area contributed by atoms with E-state index in [-0.39, 0.29) is 0 Å². The molecule has 0 atom stereocenters. The van der Waals surface area contributed by atoms with Crippen molar-refractivity contribution in [1.29, 1.82) is 0 Å². The van der Waals surface area contributed by atoms with Gasteiger partial charge in [-0.2, -0.15) is 0 Å². The van der Waals surface area contributed by atoms with Gasteiger partial charge >= 0.3 is 0 Å². The third-order valence-corrected chi connectivity index (χ3v) is 1.41. The Labute approximate surface area is 50.2 Å². The monoisotopic (exact) mass is 133 g/mol. The number of halogens is 1. The van der Waals surface area contributed by atoms with Gasteiger partial charge in [-0.15, -0.1) is 0 Å². The molecule has 0 spiro atoms. The molecule has 0 aliphatic carbocycles. The maximum Gasteiger partial charge on any atom is 0.185 e. The average Bonchev–Trinajstić information content (AvgIpc) is 2.14. The van der Waals surface area contributed by atoms with Crippen LogP contribution in [-0.4, -0.2) is 0 Å². The maximum atomic E-state index is 5.29. The fourth-order valence-electron chi connectivity index (χ4n) is 0.263. The Hall–Kier alpha value is -0.0800. The first-order valence-corrected chi connectivity index (χ1v) is 3.31. The van der Waals surface area contributed by atoms with Crippen LogP contribution in [0.5, 0.6) is 0 Å². The number of hydrogen-bond acceptors (Lipinski definition) is 2. The molecule has 0 aromatic carbocycles. The van der Waals surface area contributed by atoms with Crippen LogP contribution in [0.1, 0.15) is 0 Å². The van der Waals surface area contributed by atoms with Crippen LogP contribution < -0.4 is 0 Å². The van der Waals surface area contributed by atoms with Crippen molar-refractivity contribution in [1.82, 2.24) is 0 Å². The Morgan fingerprint density at radius 1 is 1.86 bits per heavy atom. The molecule has 0 N–H and O–H groups in total. The van der Waals surface area contributed by atoms with E-state index in [0.717, 1.165) is 15.9 Å². The third kappa shape index (κ3) is 1.14. The first-order chi connectivity index (χ1) is 3.43. The molecule has 0 amide bonds. The highest BCUT2D eigenvalue weighted by Gasteiger charge is 1.88. The Kier molecular flexibility index (Phi) is 1.65. The van der Waals surface area contributed by atoms with Crippen molar-refractivity contribution in [3.8, 4) is 0 Å². The molecule has 1 aromatic rings. The van der Waals surface area contributed by atoms with Crippen LogP contribution in [0, 0.1) is 6.26 Å². The van der Waals surface area contributed by atoms with E-state index in [9.17, 15) is 0 Å². The maximum absolute atomic E-state index is 5.29. The van der Waals surface area contributed by atoms with Crippen molar-refractivity contribution in [3.05, 3.63) is 18.6 Å². The second-order valence-corrected chi connectivity index (χ2v) is 2.02. The zero-order chi connectivity index (χ0) is 5.11. The molecule has 1 rings (SSSR count).